The molecular weight excluding hydrogens is 120 g/mol. The Balaban J connectivity index is 1.65. The lowest BCUT2D eigenvalue weighted by Gasteiger charge is -2.38. The molecule has 0 aromatic rings. The van der Waals surface area contributed by atoms with Crippen molar-refractivity contribution in [3.05, 3.63) is 0 Å². The molecule has 0 nitrogen and oxygen atoms in total. The maximum atomic E-state index is 2.45. The van der Waals surface area contributed by atoms with Crippen LogP contribution in [0.4, 0.5) is 0 Å². The number of hydrogen-bond donors (Lipinski definition) is 0. The third kappa shape index (κ3) is 0.500. The fourth-order valence-electron chi connectivity index (χ4n) is 3.31. The minimum absolute atomic E-state index is 1.13. The van der Waals surface area contributed by atoms with Crippen LogP contribution in [0.5, 0.6) is 0 Å². The van der Waals surface area contributed by atoms with Gasteiger partial charge in [-0.1, -0.05) is 26.2 Å². The Hall–Kier alpha value is 0. The van der Waals surface area contributed by atoms with E-state index in [1.54, 1.807) is 19.3 Å². The van der Waals surface area contributed by atoms with E-state index in [1.807, 2.05) is 0 Å². The highest BCUT2D eigenvalue weighted by molar-refractivity contribution is 5.10. The number of hydrogen-bond acceptors (Lipinski definition) is 0. The van der Waals surface area contributed by atoms with Gasteiger partial charge in [-0.2, -0.15) is 0 Å². The van der Waals surface area contributed by atoms with Gasteiger partial charge in [-0.15, -0.1) is 0 Å². The summed E-state index contributed by atoms with van der Waals surface area (Å²) in [5, 5.41) is 0. The largest absolute Gasteiger partial charge is 0.0619 e. The quantitative estimate of drug-likeness (QED) is 0.520. The van der Waals surface area contributed by atoms with Gasteiger partial charge < -0.3 is 0 Å². The Kier molecular flexibility index (Phi) is 0.898. The highest BCUT2D eigenvalue weighted by Crippen LogP contribution is 2.68. The lowest BCUT2D eigenvalue weighted by molar-refractivity contribution is 0.115. The van der Waals surface area contributed by atoms with E-state index in [0.29, 0.717) is 0 Å². The SMILES string of the molecule is CC1C2CC(C3CCC3)C12. The lowest BCUT2D eigenvalue weighted by Crippen LogP contribution is -2.29. The molecule has 3 saturated carbocycles. The van der Waals surface area contributed by atoms with E-state index in [1.165, 1.54) is 30.1 Å². The molecule has 0 aromatic heterocycles. The van der Waals surface area contributed by atoms with Crippen molar-refractivity contribution in [1.29, 1.82) is 0 Å². The van der Waals surface area contributed by atoms with Crippen molar-refractivity contribution in [1.82, 2.24) is 0 Å². The normalized spacial score (nSPS) is 58.5. The second-order valence-corrected chi connectivity index (χ2v) is 4.69. The third-order valence-electron chi connectivity index (χ3n) is 4.43. The van der Waals surface area contributed by atoms with E-state index in [-0.39, 0.29) is 0 Å². The molecule has 0 aliphatic heterocycles. The van der Waals surface area contributed by atoms with Crippen LogP contribution >= 0.6 is 0 Å². The van der Waals surface area contributed by atoms with E-state index < -0.39 is 0 Å². The summed E-state index contributed by atoms with van der Waals surface area (Å²) in [5.41, 5.74) is 0. The minimum atomic E-state index is 1.13. The van der Waals surface area contributed by atoms with Crippen molar-refractivity contribution in [2.24, 2.45) is 29.6 Å². The number of rotatable bonds is 1. The second-order valence-electron chi connectivity index (χ2n) is 4.69. The summed E-state index contributed by atoms with van der Waals surface area (Å²) in [6.07, 6.45) is 6.28. The van der Waals surface area contributed by atoms with Crippen molar-refractivity contribution >= 4 is 0 Å². The zero-order valence-corrected chi connectivity index (χ0v) is 6.72. The van der Waals surface area contributed by atoms with E-state index in [2.05, 4.69) is 6.92 Å². The molecule has 0 N–H and O–H groups in total. The van der Waals surface area contributed by atoms with Gasteiger partial charge in [0.1, 0.15) is 0 Å². The first-order chi connectivity index (χ1) is 4.88. The third-order valence-corrected chi connectivity index (χ3v) is 4.43. The van der Waals surface area contributed by atoms with Crippen molar-refractivity contribution in [2.75, 3.05) is 0 Å². The summed E-state index contributed by atoms with van der Waals surface area (Å²) < 4.78 is 0. The number of fused-ring (bicyclic) bond motifs is 1. The molecule has 56 valence electrons. The average molecular weight is 136 g/mol. The van der Waals surface area contributed by atoms with Crippen LogP contribution in [0.1, 0.15) is 32.6 Å². The monoisotopic (exact) mass is 136 g/mol. The van der Waals surface area contributed by atoms with Crippen LogP contribution in [0.3, 0.4) is 0 Å². The molecule has 0 saturated heterocycles. The molecule has 3 rings (SSSR count). The van der Waals surface area contributed by atoms with Crippen molar-refractivity contribution < 1.29 is 0 Å². The van der Waals surface area contributed by atoms with Gasteiger partial charge in [0.05, 0.1) is 0 Å². The average Bonchev–Trinajstić information content (AvgIpc) is 2.21. The summed E-state index contributed by atoms with van der Waals surface area (Å²) >= 11 is 0. The van der Waals surface area contributed by atoms with E-state index in [4.69, 9.17) is 0 Å². The summed E-state index contributed by atoms with van der Waals surface area (Å²) in [5.74, 6) is 5.93. The molecule has 0 amide bonds. The van der Waals surface area contributed by atoms with Crippen molar-refractivity contribution in [2.45, 2.75) is 32.6 Å². The fourth-order valence-corrected chi connectivity index (χ4v) is 3.31. The Bertz CT molecular complexity index is 151. The Morgan fingerprint density at radius 3 is 2.20 bits per heavy atom. The van der Waals surface area contributed by atoms with Gasteiger partial charge in [-0.3, -0.25) is 0 Å². The van der Waals surface area contributed by atoms with Gasteiger partial charge in [0.2, 0.25) is 0 Å². The van der Waals surface area contributed by atoms with E-state index in [0.717, 1.165) is 5.92 Å². The van der Waals surface area contributed by atoms with Crippen LogP contribution in [-0.4, -0.2) is 0 Å². The van der Waals surface area contributed by atoms with Crippen LogP contribution in [0.2, 0.25) is 0 Å². The predicted octanol–water partition coefficient (Wildman–Crippen LogP) is 2.69. The molecule has 0 spiro atoms. The van der Waals surface area contributed by atoms with Crippen LogP contribution in [0, 0.1) is 29.6 Å². The zero-order chi connectivity index (χ0) is 6.72. The molecule has 4 unspecified atom stereocenters. The first-order valence-corrected chi connectivity index (χ1v) is 4.88. The maximum absolute atomic E-state index is 2.45. The molecule has 4 atom stereocenters. The van der Waals surface area contributed by atoms with Crippen LogP contribution in [0.25, 0.3) is 0 Å². The fraction of sp³-hybridized carbons (Fsp3) is 1.00. The zero-order valence-electron chi connectivity index (χ0n) is 6.72. The van der Waals surface area contributed by atoms with Gasteiger partial charge in [0, 0.05) is 0 Å². The summed E-state index contributed by atoms with van der Waals surface area (Å²) in [7, 11) is 0. The van der Waals surface area contributed by atoms with E-state index in [9.17, 15) is 0 Å². The highest BCUT2D eigenvalue weighted by atomic mass is 14.7. The van der Waals surface area contributed by atoms with Crippen LogP contribution in [-0.2, 0) is 0 Å². The van der Waals surface area contributed by atoms with Crippen LogP contribution in [0.15, 0.2) is 0 Å². The van der Waals surface area contributed by atoms with Crippen molar-refractivity contribution in [3.8, 4) is 0 Å². The summed E-state index contributed by atoms with van der Waals surface area (Å²) in [4.78, 5) is 0. The molecule has 0 heterocycles. The van der Waals surface area contributed by atoms with E-state index >= 15 is 0 Å². The van der Waals surface area contributed by atoms with Gasteiger partial charge in [-0.25, -0.2) is 0 Å². The Morgan fingerprint density at radius 1 is 1.10 bits per heavy atom. The smallest absolute Gasteiger partial charge is 0.0323 e. The maximum Gasteiger partial charge on any atom is -0.0323 e. The molecular formula is C10H16. The van der Waals surface area contributed by atoms with Crippen molar-refractivity contribution in [3.63, 3.8) is 0 Å². The molecule has 0 radical (unpaired) electrons. The van der Waals surface area contributed by atoms with Crippen LogP contribution < -0.4 is 0 Å². The molecule has 3 aliphatic carbocycles. The predicted molar refractivity (Wildman–Crippen MR) is 41.6 cm³/mol. The molecule has 0 bridgehead atoms. The van der Waals surface area contributed by atoms with Gasteiger partial charge >= 0.3 is 0 Å². The molecule has 3 fully saturated rings. The topological polar surface area (TPSA) is 0 Å². The minimum Gasteiger partial charge on any atom is -0.0619 e. The molecule has 0 heteroatoms. The molecule has 3 aliphatic rings. The first-order valence-electron chi connectivity index (χ1n) is 4.88. The first kappa shape index (κ1) is 5.62. The summed E-state index contributed by atoms with van der Waals surface area (Å²) in [6, 6.07) is 0. The lowest BCUT2D eigenvalue weighted by atomic mass is 9.67. The van der Waals surface area contributed by atoms with Gasteiger partial charge in [0.25, 0.3) is 0 Å². The standard InChI is InChI=1S/C10H16/c1-6-8-5-9(10(6)8)7-3-2-4-7/h6-10H,2-5H2,1H3. The molecule has 10 heavy (non-hydrogen) atoms. The highest BCUT2D eigenvalue weighted by Gasteiger charge is 2.62. The van der Waals surface area contributed by atoms with Gasteiger partial charge in [-0.05, 0) is 36.0 Å². The summed E-state index contributed by atoms with van der Waals surface area (Å²) in [6.45, 7) is 2.45. The molecule has 0 aromatic carbocycles. The second kappa shape index (κ2) is 1.60. The Morgan fingerprint density at radius 2 is 1.90 bits per heavy atom. The van der Waals surface area contributed by atoms with Gasteiger partial charge in [0.15, 0.2) is 0 Å². The Labute approximate surface area is 63.0 Å².